The molecule has 0 aromatic rings. The molecule has 2 saturated heterocycles. The Labute approximate surface area is 187 Å². The highest BCUT2D eigenvalue weighted by Crippen LogP contribution is 2.47. The molecule has 5 aliphatic rings. The van der Waals surface area contributed by atoms with Crippen LogP contribution in [0.4, 0.5) is 0 Å². The zero-order valence-electron chi connectivity index (χ0n) is 19.4. The van der Waals surface area contributed by atoms with Crippen molar-refractivity contribution in [2.45, 2.75) is 69.9 Å². The van der Waals surface area contributed by atoms with Crippen LogP contribution in [-0.2, 0) is 9.59 Å². The van der Waals surface area contributed by atoms with Gasteiger partial charge in [-0.2, -0.15) is 0 Å². The van der Waals surface area contributed by atoms with Crippen molar-refractivity contribution in [3.05, 3.63) is 11.1 Å². The van der Waals surface area contributed by atoms with Crippen LogP contribution >= 0.6 is 0 Å². The number of hydrogen-bond donors (Lipinski definition) is 2. The molecule has 4 fully saturated rings. The number of amides is 2. The number of imide groups is 1. The Kier molecular flexibility index (Phi) is 6.24. The molecule has 6 unspecified atom stereocenters. The van der Waals surface area contributed by atoms with Crippen LogP contribution in [0, 0.1) is 23.7 Å². The first-order chi connectivity index (χ1) is 15.0. The van der Waals surface area contributed by atoms with E-state index in [0.717, 1.165) is 43.7 Å². The molecule has 2 aliphatic carbocycles. The van der Waals surface area contributed by atoms with Crippen molar-refractivity contribution in [3.8, 4) is 0 Å². The lowest BCUT2D eigenvalue weighted by atomic mass is 9.72. The van der Waals surface area contributed by atoms with Crippen LogP contribution in [0.1, 0.15) is 57.8 Å². The fourth-order valence-electron chi connectivity index (χ4n) is 7.60. The molecular formula is C25H40N4O2. The molecule has 5 rings (SSSR count). The predicted molar refractivity (Wildman–Crippen MR) is 121 cm³/mol. The van der Waals surface area contributed by atoms with Crippen molar-refractivity contribution in [1.29, 1.82) is 0 Å². The summed E-state index contributed by atoms with van der Waals surface area (Å²) in [6.07, 6.45) is 11.1. The van der Waals surface area contributed by atoms with Crippen LogP contribution in [-0.4, -0.2) is 74.0 Å². The fraction of sp³-hybridized carbons (Fsp3) is 0.840. The van der Waals surface area contributed by atoms with E-state index < -0.39 is 0 Å². The maximum atomic E-state index is 13.1. The van der Waals surface area contributed by atoms with Gasteiger partial charge in [0.05, 0.1) is 0 Å². The van der Waals surface area contributed by atoms with E-state index >= 15 is 0 Å². The summed E-state index contributed by atoms with van der Waals surface area (Å²) in [6, 6.07) is 1.12. The monoisotopic (exact) mass is 428 g/mol. The van der Waals surface area contributed by atoms with E-state index in [-0.39, 0.29) is 23.7 Å². The summed E-state index contributed by atoms with van der Waals surface area (Å²) < 4.78 is 0. The van der Waals surface area contributed by atoms with Gasteiger partial charge in [-0.05, 0) is 71.1 Å². The zero-order chi connectivity index (χ0) is 21.5. The van der Waals surface area contributed by atoms with Crippen LogP contribution in [0.3, 0.4) is 0 Å². The second-order valence-electron chi connectivity index (χ2n) is 11.0. The minimum absolute atomic E-state index is 0.0799. The molecule has 6 heteroatoms. The van der Waals surface area contributed by atoms with Gasteiger partial charge >= 0.3 is 0 Å². The Hall–Kier alpha value is -1.24. The average Bonchev–Trinajstić information content (AvgIpc) is 3.41. The molecule has 0 radical (unpaired) electrons. The van der Waals surface area contributed by atoms with Crippen LogP contribution in [0.2, 0.25) is 0 Å². The Morgan fingerprint density at radius 2 is 1.58 bits per heavy atom. The van der Waals surface area contributed by atoms with E-state index in [9.17, 15) is 9.59 Å². The molecule has 31 heavy (non-hydrogen) atoms. The highest BCUT2D eigenvalue weighted by molar-refractivity contribution is 6.20. The number of fused-ring (bicyclic) bond motifs is 2. The van der Waals surface area contributed by atoms with Crippen molar-refractivity contribution < 1.29 is 9.59 Å². The summed E-state index contributed by atoms with van der Waals surface area (Å²) in [5, 5.41) is 6.42. The van der Waals surface area contributed by atoms with Gasteiger partial charge in [0.2, 0.25) is 0 Å². The molecule has 0 aromatic heterocycles. The third kappa shape index (κ3) is 4.00. The summed E-state index contributed by atoms with van der Waals surface area (Å²) in [5.41, 5.74) is 1.76. The van der Waals surface area contributed by atoms with Crippen LogP contribution in [0.15, 0.2) is 11.1 Å². The smallest absolute Gasteiger partial charge is 0.254 e. The van der Waals surface area contributed by atoms with E-state index in [4.69, 9.17) is 0 Å². The first kappa shape index (κ1) is 21.6. The largest absolute Gasteiger partial charge is 0.313 e. The first-order valence-corrected chi connectivity index (χ1v) is 12.8. The van der Waals surface area contributed by atoms with Gasteiger partial charge in [0.15, 0.2) is 0 Å². The minimum Gasteiger partial charge on any atom is -0.313 e. The Morgan fingerprint density at radius 3 is 2.35 bits per heavy atom. The molecule has 2 amide bonds. The van der Waals surface area contributed by atoms with E-state index in [2.05, 4.69) is 34.5 Å². The van der Waals surface area contributed by atoms with Crippen molar-refractivity contribution in [1.82, 2.24) is 20.4 Å². The van der Waals surface area contributed by atoms with E-state index in [1.165, 1.54) is 51.4 Å². The van der Waals surface area contributed by atoms with E-state index in [1.807, 2.05) is 0 Å². The second-order valence-corrected chi connectivity index (χ2v) is 11.0. The lowest BCUT2D eigenvalue weighted by molar-refractivity contribution is -0.124. The normalized spacial score (nSPS) is 38.7. The highest BCUT2D eigenvalue weighted by atomic mass is 16.2. The van der Waals surface area contributed by atoms with Gasteiger partial charge in [-0.1, -0.05) is 25.7 Å². The SMILES string of the molecule is CN(C)CCCN1CC(C2=C(C3CNC4CCCCC43)C(=O)NC2=O)C2CCCCC21. The number of nitrogens with zero attached hydrogens (tertiary/aromatic N) is 2. The van der Waals surface area contributed by atoms with Crippen molar-refractivity contribution in [2.75, 3.05) is 40.3 Å². The van der Waals surface area contributed by atoms with Gasteiger partial charge in [0.25, 0.3) is 11.8 Å². The molecule has 6 atom stereocenters. The van der Waals surface area contributed by atoms with Crippen molar-refractivity contribution in [3.63, 3.8) is 0 Å². The molecule has 6 nitrogen and oxygen atoms in total. The molecule has 2 N–H and O–H groups in total. The quantitative estimate of drug-likeness (QED) is 0.635. The summed E-state index contributed by atoms with van der Waals surface area (Å²) >= 11 is 0. The molecule has 0 aromatic carbocycles. The van der Waals surface area contributed by atoms with Gasteiger partial charge in [-0.25, -0.2) is 0 Å². The Balaban J connectivity index is 1.43. The topological polar surface area (TPSA) is 64.7 Å². The third-order valence-corrected chi connectivity index (χ3v) is 8.93. The molecule has 172 valence electrons. The molecule has 0 spiro atoms. The van der Waals surface area contributed by atoms with Gasteiger partial charge in [0.1, 0.15) is 0 Å². The van der Waals surface area contributed by atoms with Gasteiger partial charge in [0, 0.05) is 48.2 Å². The molecule has 2 saturated carbocycles. The number of rotatable bonds is 6. The Bertz CT molecular complexity index is 748. The van der Waals surface area contributed by atoms with Gasteiger partial charge < -0.3 is 10.2 Å². The van der Waals surface area contributed by atoms with Crippen molar-refractivity contribution >= 4 is 11.8 Å². The fourth-order valence-corrected chi connectivity index (χ4v) is 7.60. The average molecular weight is 429 g/mol. The standard InChI is InChI=1S/C25H40N4O2/c1-28(2)12-7-13-29-15-19(17-9-4-6-11-21(17)29)23-22(24(30)27-25(23)31)18-14-26-20-10-5-3-8-16(18)20/h16-21,26H,3-15H2,1-2H3,(H,27,30,31). The maximum Gasteiger partial charge on any atom is 0.254 e. The summed E-state index contributed by atoms with van der Waals surface area (Å²) in [7, 11) is 4.27. The number of carbonyl (C=O) groups is 2. The summed E-state index contributed by atoms with van der Waals surface area (Å²) in [5.74, 6) is 1.34. The molecular weight excluding hydrogens is 388 g/mol. The molecule has 3 heterocycles. The highest BCUT2D eigenvalue weighted by Gasteiger charge is 2.51. The number of likely N-dealkylation sites (tertiary alicyclic amines) is 1. The molecule has 3 aliphatic heterocycles. The summed E-state index contributed by atoms with van der Waals surface area (Å²) in [4.78, 5) is 31.1. The number of carbonyl (C=O) groups excluding carboxylic acids is 2. The summed E-state index contributed by atoms with van der Waals surface area (Å²) in [6.45, 7) is 4.02. The lowest BCUT2D eigenvalue weighted by Gasteiger charge is -2.33. The minimum atomic E-state index is -0.0866. The number of nitrogens with one attached hydrogen (secondary N) is 2. The van der Waals surface area contributed by atoms with Crippen molar-refractivity contribution in [2.24, 2.45) is 23.7 Å². The van der Waals surface area contributed by atoms with Crippen LogP contribution in [0.5, 0.6) is 0 Å². The Morgan fingerprint density at radius 1 is 0.903 bits per heavy atom. The predicted octanol–water partition coefficient (Wildman–Crippen LogP) is 2.16. The van der Waals surface area contributed by atoms with Gasteiger partial charge in [-0.3, -0.25) is 19.8 Å². The third-order valence-electron chi connectivity index (χ3n) is 8.93. The second kappa shape index (κ2) is 8.95. The maximum absolute atomic E-state index is 13.1. The molecule has 0 bridgehead atoms. The van der Waals surface area contributed by atoms with E-state index in [1.54, 1.807) is 0 Å². The van der Waals surface area contributed by atoms with Crippen LogP contribution < -0.4 is 10.6 Å². The van der Waals surface area contributed by atoms with E-state index in [0.29, 0.717) is 23.9 Å². The van der Waals surface area contributed by atoms with Gasteiger partial charge in [-0.15, -0.1) is 0 Å². The zero-order valence-corrected chi connectivity index (χ0v) is 19.4. The first-order valence-electron chi connectivity index (χ1n) is 12.8. The number of hydrogen-bond acceptors (Lipinski definition) is 5. The van der Waals surface area contributed by atoms with Crippen LogP contribution in [0.25, 0.3) is 0 Å². The lowest BCUT2D eigenvalue weighted by Crippen LogP contribution is -2.36.